The minimum Gasteiger partial charge on any atom is -0.478 e. The first kappa shape index (κ1) is 14.4. The van der Waals surface area contributed by atoms with E-state index in [4.69, 9.17) is 5.11 Å². The van der Waals surface area contributed by atoms with Crippen molar-refractivity contribution >= 4 is 29.5 Å². The molecule has 110 valence electrons. The lowest BCUT2D eigenvalue weighted by Gasteiger charge is -2.25. The predicted molar refractivity (Wildman–Crippen MR) is 67.1 cm³/mol. The van der Waals surface area contributed by atoms with Crippen molar-refractivity contribution in [1.82, 2.24) is 10.2 Å². The van der Waals surface area contributed by atoms with E-state index in [1.807, 2.05) is 5.32 Å². The van der Waals surface area contributed by atoms with Crippen LogP contribution in [0.2, 0.25) is 0 Å². The Labute approximate surface area is 117 Å². The minimum atomic E-state index is -1.28. The van der Waals surface area contributed by atoms with Crippen LogP contribution in [0.15, 0.2) is 18.2 Å². The summed E-state index contributed by atoms with van der Waals surface area (Å²) in [6, 6.07) is 2.01. The molecule has 0 atom stereocenters. The summed E-state index contributed by atoms with van der Waals surface area (Å²) < 4.78 is 13.5. The molecule has 0 bridgehead atoms. The van der Waals surface area contributed by atoms with Gasteiger partial charge in [0.2, 0.25) is 11.8 Å². The monoisotopic (exact) mass is 295 g/mol. The van der Waals surface area contributed by atoms with Gasteiger partial charge in [0.25, 0.3) is 0 Å². The fourth-order valence-electron chi connectivity index (χ4n) is 1.73. The molecule has 0 aromatic heterocycles. The van der Waals surface area contributed by atoms with Gasteiger partial charge in [-0.05, 0) is 18.2 Å². The average Bonchev–Trinajstić information content (AvgIpc) is 2.39. The highest BCUT2D eigenvalue weighted by atomic mass is 19.1. The summed E-state index contributed by atoms with van der Waals surface area (Å²) >= 11 is 0. The molecule has 0 aliphatic carbocycles. The maximum atomic E-state index is 13.5. The van der Waals surface area contributed by atoms with Crippen LogP contribution >= 0.6 is 0 Å². The molecule has 9 heteroatoms. The van der Waals surface area contributed by atoms with Crippen LogP contribution in [0.4, 0.5) is 14.9 Å². The highest BCUT2D eigenvalue weighted by Crippen LogP contribution is 2.17. The summed E-state index contributed by atoms with van der Waals surface area (Å²) in [4.78, 5) is 45.8. The van der Waals surface area contributed by atoms with Crippen molar-refractivity contribution in [2.75, 3.05) is 18.4 Å². The van der Waals surface area contributed by atoms with Gasteiger partial charge in [0.15, 0.2) is 0 Å². The van der Waals surface area contributed by atoms with Crippen LogP contribution in [0.5, 0.6) is 0 Å². The summed E-state index contributed by atoms with van der Waals surface area (Å²) in [6.07, 6.45) is 0. The highest BCUT2D eigenvalue weighted by Gasteiger charge is 2.26. The van der Waals surface area contributed by atoms with Gasteiger partial charge in [-0.1, -0.05) is 0 Å². The number of benzene rings is 1. The number of urea groups is 1. The SMILES string of the molecule is O=C1CN(C(=O)Nc2cc(C(=O)O)ccc2F)CC(=O)N1. The second-order valence-corrected chi connectivity index (χ2v) is 4.26. The third-order valence-electron chi connectivity index (χ3n) is 2.69. The molecule has 0 unspecified atom stereocenters. The maximum Gasteiger partial charge on any atom is 0.335 e. The molecule has 1 aliphatic heterocycles. The van der Waals surface area contributed by atoms with Crippen LogP contribution in [0, 0.1) is 5.82 Å². The van der Waals surface area contributed by atoms with Crippen molar-refractivity contribution in [3.05, 3.63) is 29.6 Å². The van der Waals surface area contributed by atoms with Crippen LogP contribution in [0.3, 0.4) is 0 Å². The number of halogens is 1. The molecule has 0 spiro atoms. The Morgan fingerprint density at radius 1 is 1.24 bits per heavy atom. The maximum absolute atomic E-state index is 13.5. The van der Waals surface area contributed by atoms with E-state index in [2.05, 4.69) is 5.32 Å². The molecule has 1 aromatic carbocycles. The van der Waals surface area contributed by atoms with Crippen molar-refractivity contribution in [1.29, 1.82) is 0 Å². The molecule has 8 nitrogen and oxygen atoms in total. The van der Waals surface area contributed by atoms with E-state index in [1.165, 1.54) is 0 Å². The zero-order valence-electron chi connectivity index (χ0n) is 10.6. The van der Waals surface area contributed by atoms with Gasteiger partial charge >= 0.3 is 12.0 Å². The lowest BCUT2D eigenvalue weighted by atomic mass is 10.2. The van der Waals surface area contributed by atoms with Crippen LogP contribution in [0.1, 0.15) is 10.4 Å². The summed E-state index contributed by atoms with van der Waals surface area (Å²) in [7, 11) is 0. The van der Waals surface area contributed by atoms with Crippen molar-refractivity contribution < 1.29 is 28.7 Å². The quantitative estimate of drug-likeness (QED) is 0.665. The lowest BCUT2D eigenvalue weighted by Crippen LogP contribution is -2.54. The first-order chi connectivity index (χ1) is 9.86. The number of piperazine rings is 1. The Morgan fingerprint density at radius 2 is 1.86 bits per heavy atom. The van der Waals surface area contributed by atoms with E-state index in [0.29, 0.717) is 0 Å². The highest BCUT2D eigenvalue weighted by molar-refractivity contribution is 6.04. The molecule has 2 rings (SSSR count). The smallest absolute Gasteiger partial charge is 0.335 e. The number of nitrogens with zero attached hydrogens (tertiary/aromatic N) is 1. The number of hydrogen-bond donors (Lipinski definition) is 3. The van der Waals surface area contributed by atoms with Gasteiger partial charge < -0.3 is 15.3 Å². The first-order valence-electron chi connectivity index (χ1n) is 5.78. The Hall–Kier alpha value is -2.97. The van der Waals surface area contributed by atoms with Gasteiger partial charge in [0.05, 0.1) is 11.3 Å². The number of aromatic carboxylic acids is 1. The number of carbonyl (C=O) groups excluding carboxylic acids is 3. The number of amides is 4. The Bertz CT molecular complexity index is 630. The van der Waals surface area contributed by atoms with Gasteiger partial charge in [0.1, 0.15) is 18.9 Å². The number of imide groups is 1. The summed E-state index contributed by atoms with van der Waals surface area (Å²) in [5, 5.41) is 13.0. The second-order valence-electron chi connectivity index (χ2n) is 4.26. The summed E-state index contributed by atoms with van der Waals surface area (Å²) in [5.74, 6) is -3.42. The molecule has 3 N–H and O–H groups in total. The number of anilines is 1. The van der Waals surface area contributed by atoms with Gasteiger partial charge in [-0.25, -0.2) is 14.0 Å². The molecule has 1 aliphatic rings. The fraction of sp³-hybridized carbons (Fsp3) is 0.167. The van der Waals surface area contributed by atoms with Gasteiger partial charge in [-0.2, -0.15) is 0 Å². The third kappa shape index (κ3) is 3.32. The Balaban J connectivity index is 2.15. The lowest BCUT2D eigenvalue weighted by molar-refractivity contribution is -0.134. The zero-order chi connectivity index (χ0) is 15.6. The third-order valence-corrected chi connectivity index (χ3v) is 2.69. The van der Waals surface area contributed by atoms with Crippen LogP contribution < -0.4 is 10.6 Å². The molecule has 0 saturated carbocycles. The molecule has 4 amide bonds. The summed E-state index contributed by atoms with van der Waals surface area (Å²) in [6.45, 7) is -0.699. The Kier molecular flexibility index (Phi) is 3.83. The number of hydrogen-bond acceptors (Lipinski definition) is 4. The number of nitrogens with one attached hydrogen (secondary N) is 2. The predicted octanol–water partition coefficient (Wildman–Crippen LogP) is 0.0142. The topological polar surface area (TPSA) is 116 Å². The van der Waals surface area contributed by atoms with Gasteiger partial charge in [-0.15, -0.1) is 0 Å². The number of carbonyl (C=O) groups is 4. The van der Waals surface area contributed by atoms with E-state index in [9.17, 15) is 23.6 Å². The number of rotatable bonds is 2. The van der Waals surface area contributed by atoms with E-state index in [-0.39, 0.29) is 24.3 Å². The Morgan fingerprint density at radius 3 is 2.43 bits per heavy atom. The van der Waals surface area contributed by atoms with E-state index in [1.54, 1.807) is 0 Å². The first-order valence-corrected chi connectivity index (χ1v) is 5.78. The second kappa shape index (κ2) is 5.57. The molecule has 1 heterocycles. The van der Waals surface area contributed by atoms with Crippen LogP contribution in [-0.4, -0.2) is 46.9 Å². The standard InChI is InChI=1S/C12H10FN3O5/c13-7-2-1-6(11(19)20)3-8(7)14-12(21)16-4-9(17)15-10(18)5-16/h1-3H,4-5H2,(H,14,21)(H,19,20)(H,15,17,18). The van der Waals surface area contributed by atoms with Gasteiger partial charge in [0, 0.05) is 0 Å². The van der Waals surface area contributed by atoms with Crippen LogP contribution in [-0.2, 0) is 9.59 Å². The zero-order valence-corrected chi connectivity index (χ0v) is 10.6. The van der Waals surface area contributed by atoms with Crippen molar-refractivity contribution in [3.8, 4) is 0 Å². The molecule has 0 radical (unpaired) electrons. The normalized spacial score (nSPS) is 14.6. The molecule has 21 heavy (non-hydrogen) atoms. The van der Waals surface area contributed by atoms with E-state index < -0.39 is 29.6 Å². The van der Waals surface area contributed by atoms with Crippen molar-refractivity contribution in [3.63, 3.8) is 0 Å². The van der Waals surface area contributed by atoms with Gasteiger partial charge in [-0.3, -0.25) is 14.9 Å². The minimum absolute atomic E-state index is 0.209. The van der Waals surface area contributed by atoms with Crippen molar-refractivity contribution in [2.45, 2.75) is 0 Å². The number of carboxylic acid groups (broad SMARTS) is 1. The van der Waals surface area contributed by atoms with Crippen molar-refractivity contribution in [2.24, 2.45) is 0 Å². The molecular formula is C12H10FN3O5. The largest absolute Gasteiger partial charge is 0.478 e. The molecule has 1 saturated heterocycles. The summed E-state index contributed by atoms with van der Waals surface area (Å²) in [5.41, 5.74) is -0.558. The van der Waals surface area contributed by atoms with E-state index >= 15 is 0 Å². The van der Waals surface area contributed by atoms with E-state index in [0.717, 1.165) is 23.1 Å². The average molecular weight is 295 g/mol. The van der Waals surface area contributed by atoms with Crippen LogP contribution in [0.25, 0.3) is 0 Å². The number of carboxylic acids is 1. The molecular weight excluding hydrogens is 285 g/mol. The molecule has 1 aromatic rings. The fourth-order valence-corrected chi connectivity index (χ4v) is 1.73. The molecule has 1 fully saturated rings.